The van der Waals surface area contributed by atoms with Crippen molar-refractivity contribution in [2.45, 2.75) is 84.3 Å². The van der Waals surface area contributed by atoms with Gasteiger partial charge >= 0.3 is 0 Å². The average Bonchev–Trinajstić information content (AvgIpc) is 2.84. The number of anilines is 1. The number of nitrogens with zero attached hydrogens (tertiary/aromatic N) is 2. The lowest BCUT2D eigenvalue weighted by Gasteiger charge is -2.31. The Kier molecular flexibility index (Phi) is 10.3. The molecule has 0 unspecified atom stereocenters. The Hall–Kier alpha value is -2.94. The third-order valence-electron chi connectivity index (χ3n) is 7.06. The summed E-state index contributed by atoms with van der Waals surface area (Å²) >= 11 is 0. The van der Waals surface area contributed by atoms with Crippen LogP contribution in [0.25, 0.3) is 0 Å². The lowest BCUT2D eigenvalue weighted by atomic mass is 9.95. The maximum Gasteiger partial charge on any atom is 0.242 e. The second-order valence-corrected chi connectivity index (χ2v) is 12.3. The van der Waals surface area contributed by atoms with E-state index < -0.39 is 21.9 Å². The zero-order valence-electron chi connectivity index (χ0n) is 22.9. The summed E-state index contributed by atoms with van der Waals surface area (Å²) < 4.78 is 40.9. The van der Waals surface area contributed by atoms with Gasteiger partial charge in [-0.1, -0.05) is 43.5 Å². The summed E-state index contributed by atoms with van der Waals surface area (Å²) in [6.07, 6.45) is 6.54. The van der Waals surface area contributed by atoms with Gasteiger partial charge < -0.3 is 10.2 Å². The summed E-state index contributed by atoms with van der Waals surface area (Å²) in [6, 6.07) is 11.1. The van der Waals surface area contributed by atoms with Crippen LogP contribution in [0.1, 0.15) is 68.6 Å². The highest BCUT2D eigenvalue weighted by Crippen LogP contribution is 2.23. The Morgan fingerprint density at radius 1 is 1.05 bits per heavy atom. The second-order valence-electron chi connectivity index (χ2n) is 10.4. The molecule has 0 aromatic heterocycles. The van der Waals surface area contributed by atoms with Crippen molar-refractivity contribution in [2.24, 2.45) is 0 Å². The molecule has 1 atom stereocenters. The molecule has 0 radical (unpaired) electrons. The van der Waals surface area contributed by atoms with Crippen LogP contribution in [0.15, 0.2) is 42.5 Å². The van der Waals surface area contributed by atoms with E-state index in [2.05, 4.69) is 5.32 Å². The number of nitrogens with one attached hydrogen (secondary N) is 1. The van der Waals surface area contributed by atoms with Gasteiger partial charge in [-0.25, -0.2) is 12.8 Å². The van der Waals surface area contributed by atoms with Gasteiger partial charge in [-0.2, -0.15) is 0 Å². The number of hydrogen-bond donors (Lipinski definition) is 1. The maximum absolute atomic E-state index is 14.5. The number of benzene rings is 2. The molecule has 1 saturated carbocycles. The predicted molar refractivity (Wildman–Crippen MR) is 149 cm³/mol. The summed E-state index contributed by atoms with van der Waals surface area (Å²) in [5.74, 6) is -1.02. The zero-order valence-corrected chi connectivity index (χ0v) is 23.7. The summed E-state index contributed by atoms with van der Waals surface area (Å²) in [6.45, 7) is 5.54. The van der Waals surface area contributed by atoms with Crippen LogP contribution in [0, 0.1) is 19.7 Å². The standard InChI is InChI=1S/C29H40FN3O4S/c1-21-17-22(2)19-26(18-21)33(38(4,36)37)16-10-15-28(34)32(20-24-11-8-9-14-27(24)30)23(3)29(35)31-25-12-6-5-7-13-25/h8-9,11,14,17-19,23,25H,5-7,10,12-13,15-16,20H2,1-4H3,(H,31,35)/t23-/m0/s1. The lowest BCUT2D eigenvalue weighted by Crippen LogP contribution is -2.50. The molecule has 1 aliphatic carbocycles. The van der Waals surface area contributed by atoms with Crippen molar-refractivity contribution in [2.75, 3.05) is 17.1 Å². The molecular formula is C29H40FN3O4S. The second kappa shape index (κ2) is 13.2. The lowest BCUT2D eigenvalue weighted by molar-refractivity contribution is -0.141. The number of halogens is 1. The highest BCUT2D eigenvalue weighted by Gasteiger charge is 2.29. The molecule has 3 rings (SSSR count). The molecule has 38 heavy (non-hydrogen) atoms. The Labute approximate surface area is 226 Å². The molecule has 7 nitrogen and oxygen atoms in total. The number of amides is 2. The first-order valence-corrected chi connectivity index (χ1v) is 15.2. The Bertz CT molecular complexity index is 1210. The molecule has 0 saturated heterocycles. The van der Waals surface area contributed by atoms with Gasteiger partial charge in [0.05, 0.1) is 11.9 Å². The molecule has 1 N–H and O–H groups in total. The number of carbonyl (C=O) groups is 2. The molecule has 0 spiro atoms. The van der Waals surface area contributed by atoms with E-state index in [1.165, 1.54) is 15.3 Å². The Balaban J connectivity index is 1.74. The fourth-order valence-corrected chi connectivity index (χ4v) is 6.01. The molecule has 0 bridgehead atoms. The van der Waals surface area contributed by atoms with Gasteiger partial charge in [0.2, 0.25) is 21.8 Å². The van der Waals surface area contributed by atoms with E-state index in [4.69, 9.17) is 0 Å². The van der Waals surface area contributed by atoms with Gasteiger partial charge in [0, 0.05) is 31.1 Å². The van der Waals surface area contributed by atoms with Crippen molar-refractivity contribution in [3.05, 3.63) is 65.0 Å². The van der Waals surface area contributed by atoms with Crippen LogP contribution in [-0.4, -0.2) is 50.0 Å². The topological polar surface area (TPSA) is 86.8 Å². The van der Waals surface area contributed by atoms with E-state index >= 15 is 0 Å². The van der Waals surface area contributed by atoms with Crippen LogP contribution >= 0.6 is 0 Å². The monoisotopic (exact) mass is 545 g/mol. The molecule has 2 aromatic carbocycles. The number of sulfonamides is 1. The third kappa shape index (κ3) is 8.28. The first-order valence-electron chi connectivity index (χ1n) is 13.3. The fraction of sp³-hybridized carbons (Fsp3) is 0.517. The minimum atomic E-state index is -3.58. The SMILES string of the molecule is Cc1cc(C)cc(N(CCCC(=O)N(Cc2ccccc2F)[C@@H](C)C(=O)NC2CCCCC2)S(C)(=O)=O)c1. The quantitative estimate of drug-likeness (QED) is 0.437. The summed E-state index contributed by atoms with van der Waals surface area (Å²) in [5.41, 5.74) is 2.77. The molecule has 1 fully saturated rings. The van der Waals surface area contributed by atoms with Crippen molar-refractivity contribution in [3.8, 4) is 0 Å². The predicted octanol–water partition coefficient (Wildman–Crippen LogP) is 4.85. The van der Waals surface area contributed by atoms with Gasteiger partial charge in [0.1, 0.15) is 11.9 Å². The van der Waals surface area contributed by atoms with Crippen molar-refractivity contribution in [3.63, 3.8) is 0 Å². The molecular weight excluding hydrogens is 505 g/mol. The number of hydrogen-bond acceptors (Lipinski definition) is 4. The molecule has 1 aliphatic rings. The average molecular weight is 546 g/mol. The van der Waals surface area contributed by atoms with E-state index in [-0.39, 0.29) is 43.8 Å². The van der Waals surface area contributed by atoms with E-state index in [1.54, 1.807) is 37.3 Å². The van der Waals surface area contributed by atoms with Gasteiger partial charge in [-0.3, -0.25) is 13.9 Å². The van der Waals surface area contributed by atoms with Crippen LogP contribution in [0.5, 0.6) is 0 Å². The van der Waals surface area contributed by atoms with E-state index in [1.807, 2.05) is 19.9 Å². The van der Waals surface area contributed by atoms with E-state index in [9.17, 15) is 22.4 Å². The molecule has 208 valence electrons. The van der Waals surface area contributed by atoms with Crippen molar-refractivity contribution in [1.29, 1.82) is 0 Å². The van der Waals surface area contributed by atoms with Crippen LogP contribution in [-0.2, 0) is 26.2 Å². The highest BCUT2D eigenvalue weighted by atomic mass is 32.2. The maximum atomic E-state index is 14.5. The zero-order chi connectivity index (χ0) is 27.9. The molecule has 0 aliphatic heterocycles. The first kappa shape index (κ1) is 29.6. The minimum absolute atomic E-state index is 0.0202. The first-order chi connectivity index (χ1) is 18.0. The third-order valence-corrected chi connectivity index (χ3v) is 8.26. The molecule has 2 amide bonds. The smallest absolute Gasteiger partial charge is 0.242 e. The number of carbonyl (C=O) groups excluding carboxylic acids is 2. The van der Waals surface area contributed by atoms with E-state index in [0.29, 0.717) is 11.3 Å². The summed E-state index contributed by atoms with van der Waals surface area (Å²) in [5, 5.41) is 3.07. The van der Waals surface area contributed by atoms with Crippen molar-refractivity contribution in [1.82, 2.24) is 10.2 Å². The Morgan fingerprint density at radius 3 is 2.29 bits per heavy atom. The largest absolute Gasteiger partial charge is 0.352 e. The molecule has 0 heterocycles. The molecule has 2 aromatic rings. The number of rotatable bonds is 11. The van der Waals surface area contributed by atoms with Crippen LogP contribution in [0.4, 0.5) is 10.1 Å². The van der Waals surface area contributed by atoms with Crippen molar-refractivity contribution >= 4 is 27.5 Å². The minimum Gasteiger partial charge on any atom is -0.352 e. The van der Waals surface area contributed by atoms with Crippen LogP contribution in [0.2, 0.25) is 0 Å². The fourth-order valence-electron chi connectivity index (χ4n) is 5.06. The van der Waals surface area contributed by atoms with E-state index in [0.717, 1.165) is 49.5 Å². The Morgan fingerprint density at radius 2 is 1.68 bits per heavy atom. The van der Waals surface area contributed by atoms with Crippen LogP contribution in [0.3, 0.4) is 0 Å². The van der Waals surface area contributed by atoms with Gasteiger partial charge in [-0.05, 0) is 69.4 Å². The normalized spacial score (nSPS) is 15.1. The summed E-state index contributed by atoms with van der Waals surface area (Å²) in [7, 11) is -3.58. The molecule has 9 heteroatoms. The van der Waals surface area contributed by atoms with Gasteiger partial charge in [0.25, 0.3) is 0 Å². The van der Waals surface area contributed by atoms with Gasteiger partial charge in [-0.15, -0.1) is 0 Å². The number of aryl methyl sites for hydroxylation is 2. The summed E-state index contributed by atoms with van der Waals surface area (Å²) in [4.78, 5) is 27.9. The van der Waals surface area contributed by atoms with Crippen molar-refractivity contribution < 1.29 is 22.4 Å². The van der Waals surface area contributed by atoms with Crippen LogP contribution < -0.4 is 9.62 Å². The van der Waals surface area contributed by atoms with Gasteiger partial charge in [0.15, 0.2) is 0 Å². The highest BCUT2D eigenvalue weighted by molar-refractivity contribution is 7.92.